The molecule has 4 atom stereocenters. The summed E-state index contributed by atoms with van der Waals surface area (Å²) < 4.78 is 5.79. The first-order chi connectivity index (χ1) is 15.9. The largest absolute Gasteiger partial charge is 0.376 e. The van der Waals surface area contributed by atoms with Gasteiger partial charge in [-0.1, -0.05) is 50.6 Å². The Morgan fingerprint density at radius 2 is 2.00 bits per heavy atom. The zero-order valence-electron chi connectivity index (χ0n) is 19.8. The molecule has 0 aromatic heterocycles. The number of hydrazine groups is 1. The van der Waals surface area contributed by atoms with E-state index in [2.05, 4.69) is 5.32 Å². The number of rotatable bonds is 6. The summed E-state index contributed by atoms with van der Waals surface area (Å²) >= 11 is 0. The summed E-state index contributed by atoms with van der Waals surface area (Å²) in [6, 6.07) is 8.85. The molecule has 3 heterocycles. The van der Waals surface area contributed by atoms with Gasteiger partial charge in [-0.3, -0.25) is 9.59 Å². The number of piperazine rings is 1. The highest BCUT2D eigenvalue weighted by molar-refractivity contribution is 5.91. The lowest BCUT2D eigenvalue weighted by molar-refractivity contribution is -0.191. The van der Waals surface area contributed by atoms with Crippen LogP contribution in [0.4, 0.5) is 4.79 Å². The third-order valence-corrected chi connectivity index (χ3v) is 7.00. The molecule has 180 valence electrons. The average molecular weight is 458 g/mol. The van der Waals surface area contributed by atoms with Gasteiger partial charge in [0.25, 0.3) is 0 Å². The molecule has 3 fully saturated rings. The van der Waals surface area contributed by atoms with Crippen LogP contribution in [0, 0.1) is 5.92 Å². The second-order valence-electron chi connectivity index (χ2n) is 9.29. The van der Waals surface area contributed by atoms with E-state index in [-0.39, 0.29) is 43.0 Å². The molecular weight excluding hydrogens is 422 g/mol. The standard InChI is InChI=1S/C24H35N5O4/c1-4-17(2)22-23(31)27(14-19-11-8-12-33-19)15-20-28(22)21(30)16-26(3)29(20)24(32)25-13-18-9-6-5-7-10-18/h5-7,9-10,17,19-20,22H,4,8,11-16H2,1-3H3,(H,25,32)/t17?,19?,20-,22-/m0/s1. The Hall–Kier alpha value is -2.65. The summed E-state index contributed by atoms with van der Waals surface area (Å²) in [5.41, 5.74) is 0.995. The highest BCUT2D eigenvalue weighted by Crippen LogP contribution is 2.31. The Morgan fingerprint density at radius 1 is 1.24 bits per heavy atom. The smallest absolute Gasteiger partial charge is 0.334 e. The third-order valence-electron chi connectivity index (χ3n) is 7.00. The molecule has 4 rings (SSSR count). The van der Waals surface area contributed by atoms with Crippen LogP contribution in [0.3, 0.4) is 0 Å². The molecule has 0 aliphatic carbocycles. The Labute approximate surface area is 195 Å². The maximum atomic E-state index is 13.5. The number of nitrogens with zero attached hydrogens (tertiary/aromatic N) is 4. The molecule has 4 amide bonds. The minimum atomic E-state index is -0.583. The number of nitrogens with one attached hydrogen (secondary N) is 1. The maximum Gasteiger partial charge on any atom is 0.334 e. The molecule has 1 N–H and O–H groups in total. The molecule has 0 saturated carbocycles. The molecule has 1 aromatic rings. The lowest BCUT2D eigenvalue weighted by Gasteiger charge is -2.55. The van der Waals surface area contributed by atoms with Gasteiger partial charge >= 0.3 is 6.03 Å². The molecule has 0 spiro atoms. The first kappa shape index (κ1) is 23.5. The number of urea groups is 1. The Kier molecular flexibility index (Phi) is 7.19. The molecule has 2 unspecified atom stereocenters. The summed E-state index contributed by atoms with van der Waals surface area (Å²) in [7, 11) is 1.75. The topological polar surface area (TPSA) is 85.4 Å². The normalized spacial score (nSPS) is 27.0. The number of fused-ring (bicyclic) bond motifs is 1. The van der Waals surface area contributed by atoms with Gasteiger partial charge < -0.3 is 19.9 Å². The fraction of sp³-hybridized carbons (Fsp3) is 0.625. The van der Waals surface area contributed by atoms with E-state index in [1.165, 1.54) is 0 Å². The summed E-state index contributed by atoms with van der Waals surface area (Å²) in [6.45, 7) is 5.96. The van der Waals surface area contributed by atoms with Crippen molar-refractivity contribution in [3.8, 4) is 0 Å². The summed E-state index contributed by atoms with van der Waals surface area (Å²) in [5, 5.41) is 6.25. The average Bonchev–Trinajstić information content (AvgIpc) is 3.32. The number of ether oxygens (including phenoxy) is 1. The monoisotopic (exact) mass is 457 g/mol. The Balaban J connectivity index is 1.58. The van der Waals surface area contributed by atoms with E-state index in [9.17, 15) is 14.4 Å². The second kappa shape index (κ2) is 10.1. The van der Waals surface area contributed by atoms with E-state index < -0.39 is 12.2 Å². The van der Waals surface area contributed by atoms with Crippen LogP contribution in [0.15, 0.2) is 30.3 Å². The number of carbonyl (C=O) groups excluding carboxylic acids is 3. The number of benzene rings is 1. The van der Waals surface area contributed by atoms with Crippen molar-refractivity contribution in [2.75, 3.05) is 33.3 Å². The van der Waals surface area contributed by atoms with Gasteiger partial charge in [0.2, 0.25) is 11.8 Å². The van der Waals surface area contributed by atoms with Crippen LogP contribution in [0.2, 0.25) is 0 Å². The molecular formula is C24H35N5O4. The lowest BCUT2D eigenvalue weighted by Crippen LogP contribution is -2.77. The molecule has 0 bridgehead atoms. The maximum absolute atomic E-state index is 13.5. The number of hydrogen-bond acceptors (Lipinski definition) is 5. The third kappa shape index (κ3) is 4.84. The lowest BCUT2D eigenvalue weighted by atomic mass is 9.92. The second-order valence-corrected chi connectivity index (χ2v) is 9.29. The zero-order chi connectivity index (χ0) is 23.5. The predicted molar refractivity (Wildman–Crippen MR) is 123 cm³/mol. The van der Waals surface area contributed by atoms with Gasteiger partial charge in [0.1, 0.15) is 12.2 Å². The van der Waals surface area contributed by atoms with E-state index in [0.29, 0.717) is 19.7 Å². The zero-order valence-corrected chi connectivity index (χ0v) is 19.8. The van der Waals surface area contributed by atoms with E-state index in [1.54, 1.807) is 26.9 Å². The van der Waals surface area contributed by atoms with E-state index in [1.807, 2.05) is 44.2 Å². The SMILES string of the molecule is CCC(C)[C@H]1C(=O)N(CC2CCCO2)C[C@H]2N1C(=O)CN(C)N2C(=O)NCc1ccccc1. The van der Waals surface area contributed by atoms with Gasteiger partial charge in [-0.15, -0.1) is 0 Å². The van der Waals surface area contributed by atoms with Crippen LogP contribution in [0.5, 0.6) is 0 Å². The van der Waals surface area contributed by atoms with Crippen molar-refractivity contribution in [3.63, 3.8) is 0 Å². The van der Waals surface area contributed by atoms with Crippen LogP contribution >= 0.6 is 0 Å². The molecule has 0 radical (unpaired) electrons. The molecule has 33 heavy (non-hydrogen) atoms. The van der Waals surface area contributed by atoms with Gasteiger partial charge in [0.05, 0.1) is 19.2 Å². The van der Waals surface area contributed by atoms with Crippen LogP contribution in [-0.2, 0) is 20.9 Å². The van der Waals surface area contributed by atoms with Gasteiger partial charge in [0, 0.05) is 26.7 Å². The summed E-state index contributed by atoms with van der Waals surface area (Å²) in [6.07, 6.45) is 2.13. The van der Waals surface area contributed by atoms with Gasteiger partial charge in [-0.05, 0) is 24.3 Å². The fourth-order valence-corrected chi connectivity index (χ4v) is 5.05. The van der Waals surface area contributed by atoms with Crippen LogP contribution in [0.1, 0.15) is 38.7 Å². The number of likely N-dealkylation sites (N-methyl/N-ethyl adjacent to an activating group) is 1. The highest BCUT2D eigenvalue weighted by Gasteiger charge is 2.52. The molecule has 9 nitrogen and oxygen atoms in total. The number of amides is 4. The first-order valence-corrected chi connectivity index (χ1v) is 11.9. The number of hydrogen-bond donors (Lipinski definition) is 1. The molecule has 3 aliphatic heterocycles. The van der Waals surface area contributed by atoms with Crippen molar-refractivity contribution in [3.05, 3.63) is 35.9 Å². The van der Waals surface area contributed by atoms with Gasteiger partial charge in [-0.25, -0.2) is 14.8 Å². The van der Waals surface area contributed by atoms with Crippen LogP contribution < -0.4 is 5.32 Å². The minimum Gasteiger partial charge on any atom is -0.376 e. The highest BCUT2D eigenvalue weighted by atomic mass is 16.5. The fourth-order valence-electron chi connectivity index (χ4n) is 5.05. The van der Waals surface area contributed by atoms with E-state index >= 15 is 0 Å². The van der Waals surface area contributed by atoms with Gasteiger partial charge in [0.15, 0.2) is 0 Å². The summed E-state index contributed by atoms with van der Waals surface area (Å²) in [5.74, 6) is -0.183. The minimum absolute atomic E-state index is 0.00969. The predicted octanol–water partition coefficient (Wildman–Crippen LogP) is 1.65. The van der Waals surface area contributed by atoms with Crippen molar-refractivity contribution in [1.29, 1.82) is 0 Å². The summed E-state index contributed by atoms with van der Waals surface area (Å²) in [4.78, 5) is 43.5. The first-order valence-electron chi connectivity index (χ1n) is 11.9. The molecule has 1 aromatic carbocycles. The molecule has 9 heteroatoms. The van der Waals surface area contributed by atoms with Crippen molar-refractivity contribution < 1.29 is 19.1 Å². The van der Waals surface area contributed by atoms with Crippen molar-refractivity contribution >= 4 is 17.8 Å². The Bertz CT molecular complexity index is 860. The van der Waals surface area contributed by atoms with E-state index in [4.69, 9.17) is 4.74 Å². The van der Waals surface area contributed by atoms with Crippen molar-refractivity contribution in [2.45, 2.75) is 58.0 Å². The van der Waals surface area contributed by atoms with Gasteiger partial charge in [-0.2, -0.15) is 0 Å². The van der Waals surface area contributed by atoms with Crippen LogP contribution in [0.25, 0.3) is 0 Å². The quantitative estimate of drug-likeness (QED) is 0.702. The van der Waals surface area contributed by atoms with Crippen LogP contribution in [-0.4, -0.2) is 89.3 Å². The number of carbonyl (C=O) groups is 3. The van der Waals surface area contributed by atoms with E-state index in [0.717, 1.165) is 24.8 Å². The Morgan fingerprint density at radius 3 is 2.67 bits per heavy atom. The van der Waals surface area contributed by atoms with Crippen molar-refractivity contribution in [2.24, 2.45) is 5.92 Å². The van der Waals surface area contributed by atoms with Crippen molar-refractivity contribution in [1.82, 2.24) is 25.1 Å². The molecule has 3 aliphatic rings. The molecule has 3 saturated heterocycles.